The Kier molecular flexibility index (Phi) is 9.64. The van der Waals surface area contributed by atoms with E-state index in [-0.39, 0.29) is 40.8 Å². The number of ether oxygens (including phenoxy) is 3. The number of carbonyl (C=O) groups is 1. The second-order valence-electron chi connectivity index (χ2n) is 10.7. The maximum atomic E-state index is 14.1. The Morgan fingerprint density at radius 1 is 0.978 bits per heavy atom. The molecule has 2 aromatic heterocycles. The van der Waals surface area contributed by atoms with Crippen molar-refractivity contribution in [2.75, 3.05) is 26.2 Å². The van der Waals surface area contributed by atoms with Gasteiger partial charge in [-0.1, -0.05) is 61.3 Å². The minimum absolute atomic E-state index is 0.0531. The van der Waals surface area contributed by atoms with Gasteiger partial charge in [0.05, 0.1) is 50.8 Å². The van der Waals surface area contributed by atoms with Gasteiger partial charge < -0.3 is 24.5 Å². The van der Waals surface area contributed by atoms with Gasteiger partial charge in [0.2, 0.25) is 5.88 Å². The summed E-state index contributed by atoms with van der Waals surface area (Å²) in [4.78, 5) is 42.9. The van der Waals surface area contributed by atoms with E-state index >= 15 is 0 Å². The number of amides is 1. The van der Waals surface area contributed by atoms with E-state index in [1.165, 1.54) is 42.1 Å². The molecule has 0 saturated heterocycles. The Morgan fingerprint density at radius 2 is 1.67 bits per heavy atom. The smallest absolute Gasteiger partial charge is 0.319 e. The van der Waals surface area contributed by atoms with Gasteiger partial charge in [0, 0.05) is 16.8 Å². The molecule has 238 valence electrons. The molecule has 5 rings (SSSR count). The lowest BCUT2D eigenvalue weighted by Gasteiger charge is -2.29. The van der Waals surface area contributed by atoms with Crippen LogP contribution >= 0.6 is 23.2 Å². The molecule has 3 heterocycles. The average Bonchev–Trinajstić information content (AvgIpc) is 3.31. The van der Waals surface area contributed by atoms with Crippen LogP contribution in [0.4, 0.5) is 11.4 Å². The Balaban J connectivity index is 1.68. The summed E-state index contributed by atoms with van der Waals surface area (Å²) in [5, 5.41) is 0.760. The summed E-state index contributed by atoms with van der Waals surface area (Å²) in [7, 11) is 4.48. The monoisotopic (exact) mass is 662 g/mol. The van der Waals surface area contributed by atoms with Crippen molar-refractivity contribution >= 4 is 46.2 Å². The lowest BCUT2D eigenvalue weighted by atomic mass is 9.90. The minimum atomic E-state index is -0.850. The van der Waals surface area contributed by atoms with Gasteiger partial charge in [0.15, 0.2) is 0 Å². The van der Waals surface area contributed by atoms with Crippen molar-refractivity contribution < 1.29 is 19.0 Å². The lowest BCUT2D eigenvalue weighted by molar-refractivity contribution is -0.114. The van der Waals surface area contributed by atoms with Gasteiger partial charge in [0.25, 0.3) is 11.5 Å². The summed E-state index contributed by atoms with van der Waals surface area (Å²) in [5.74, 6) is 0.0436. The number of aliphatic imine (C=N–C) groups is 1. The zero-order valence-corrected chi connectivity index (χ0v) is 27.3. The number of halogens is 2. The second kappa shape index (κ2) is 13.6. The summed E-state index contributed by atoms with van der Waals surface area (Å²) in [6.45, 7) is 4.04. The third-order valence-electron chi connectivity index (χ3n) is 7.42. The first-order chi connectivity index (χ1) is 22.1. The van der Waals surface area contributed by atoms with E-state index in [0.29, 0.717) is 33.3 Å². The first-order valence-electron chi connectivity index (χ1n) is 14.2. The van der Waals surface area contributed by atoms with Crippen molar-refractivity contribution in [3.63, 3.8) is 0 Å². The number of nitrogens with two attached hydrogens (primary N) is 1. The van der Waals surface area contributed by atoms with Crippen LogP contribution in [-0.4, -0.2) is 47.5 Å². The largest absolute Gasteiger partial charge is 0.497 e. The molecule has 11 nitrogen and oxygen atoms in total. The average molecular weight is 664 g/mol. The van der Waals surface area contributed by atoms with E-state index < -0.39 is 17.5 Å². The number of rotatable bonds is 10. The van der Waals surface area contributed by atoms with Crippen LogP contribution in [-0.2, 0) is 11.3 Å². The molecule has 1 aliphatic rings. The predicted molar refractivity (Wildman–Crippen MR) is 178 cm³/mol. The maximum Gasteiger partial charge on any atom is 0.319 e. The molecule has 0 saturated carbocycles. The molecule has 1 aliphatic heterocycles. The fourth-order valence-electron chi connectivity index (χ4n) is 5.23. The Labute approximate surface area is 275 Å². The topological polar surface area (TPSA) is 134 Å². The van der Waals surface area contributed by atoms with Crippen molar-refractivity contribution in [3.05, 3.63) is 110 Å². The predicted octanol–water partition coefficient (Wildman–Crippen LogP) is 5.75. The number of hydrogen-bond donors (Lipinski definition) is 1. The standard InChI is InChI=1S/C33H32Cl2N6O5/c1-18(2)28(38-24-15-37-33(46-5)39-30(24)45-4)26-27(36)32(43)41(29(26)20-8-10-21(34)11-9-20)25-14-22(35)17-40(31(25)42)16-19-6-12-23(44-3)13-7-19/h6-15,17-18,29H,16,36H2,1-5H3. The first kappa shape index (κ1) is 32.5. The molecule has 1 unspecified atom stereocenters. The molecule has 0 spiro atoms. The Morgan fingerprint density at radius 3 is 2.28 bits per heavy atom. The van der Waals surface area contributed by atoms with Crippen LogP contribution in [0.25, 0.3) is 0 Å². The van der Waals surface area contributed by atoms with Crippen molar-refractivity contribution in [2.45, 2.75) is 26.4 Å². The van der Waals surface area contributed by atoms with Gasteiger partial charge in [-0.25, -0.2) is 9.98 Å². The highest BCUT2D eigenvalue weighted by Crippen LogP contribution is 2.42. The number of benzene rings is 2. The van der Waals surface area contributed by atoms with Gasteiger partial charge in [-0.05, 0) is 47.4 Å². The zero-order valence-electron chi connectivity index (χ0n) is 25.8. The van der Waals surface area contributed by atoms with E-state index in [9.17, 15) is 9.59 Å². The first-order valence-corrected chi connectivity index (χ1v) is 15.0. The van der Waals surface area contributed by atoms with E-state index in [1.807, 2.05) is 26.0 Å². The number of methoxy groups -OCH3 is 3. The Hall–Kier alpha value is -4.87. The van der Waals surface area contributed by atoms with Crippen LogP contribution < -0.4 is 30.4 Å². The Bertz CT molecular complexity index is 1890. The highest BCUT2D eigenvalue weighted by molar-refractivity contribution is 6.31. The van der Waals surface area contributed by atoms with Gasteiger partial charge in [-0.3, -0.25) is 14.5 Å². The molecule has 2 N–H and O–H groups in total. The van der Waals surface area contributed by atoms with E-state index in [4.69, 9.17) is 48.1 Å². The summed E-state index contributed by atoms with van der Waals surface area (Å²) in [6.07, 6.45) is 2.99. The molecule has 1 atom stereocenters. The normalized spacial score (nSPS) is 15.1. The molecule has 4 aromatic rings. The molecule has 0 bridgehead atoms. The fourth-order valence-corrected chi connectivity index (χ4v) is 5.57. The summed E-state index contributed by atoms with van der Waals surface area (Å²) in [6, 6.07) is 15.0. The molecule has 0 radical (unpaired) electrons. The van der Waals surface area contributed by atoms with E-state index in [2.05, 4.69) is 9.97 Å². The van der Waals surface area contributed by atoms with Gasteiger partial charge in [-0.2, -0.15) is 4.98 Å². The van der Waals surface area contributed by atoms with Gasteiger partial charge in [0.1, 0.15) is 22.8 Å². The van der Waals surface area contributed by atoms with E-state index in [1.54, 1.807) is 43.5 Å². The highest BCUT2D eigenvalue weighted by Gasteiger charge is 2.44. The van der Waals surface area contributed by atoms with Crippen LogP contribution in [0.3, 0.4) is 0 Å². The molecular weight excluding hydrogens is 631 g/mol. The molecular formula is C33H32Cl2N6O5. The number of pyridine rings is 1. The van der Waals surface area contributed by atoms with Crippen molar-refractivity contribution in [3.8, 4) is 17.6 Å². The maximum absolute atomic E-state index is 14.1. The van der Waals surface area contributed by atoms with Gasteiger partial charge >= 0.3 is 6.01 Å². The second-order valence-corrected chi connectivity index (χ2v) is 11.6. The summed E-state index contributed by atoms with van der Waals surface area (Å²) >= 11 is 12.8. The molecule has 13 heteroatoms. The number of anilines is 1. The summed E-state index contributed by atoms with van der Waals surface area (Å²) < 4.78 is 17.3. The third-order valence-corrected chi connectivity index (χ3v) is 7.87. The molecule has 0 aliphatic carbocycles. The van der Waals surface area contributed by atoms with Crippen LogP contribution in [0.2, 0.25) is 10.0 Å². The molecule has 46 heavy (non-hydrogen) atoms. The number of hydrogen-bond acceptors (Lipinski definition) is 9. The third kappa shape index (κ3) is 6.42. The van der Waals surface area contributed by atoms with Crippen LogP contribution in [0.15, 0.2) is 88.0 Å². The number of aromatic nitrogens is 3. The highest BCUT2D eigenvalue weighted by atomic mass is 35.5. The van der Waals surface area contributed by atoms with Crippen molar-refractivity contribution in [2.24, 2.45) is 16.6 Å². The minimum Gasteiger partial charge on any atom is -0.497 e. The zero-order chi connectivity index (χ0) is 33.1. The van der Waals surface area contributed by atoms with Crippen LogP contribution in [0, 0.1) is 5.92 Å². The summed E-state index contributed by atoms with van der Waals surface area (Å²) in [5.41, 5.74) is 8.87. The SMILES string of the molecule is COc1ccc(Cn2cc(Cl)cc(N3C(=O)C(N)=C(C(=Nc4cnc(OC)nc4OC)C(C)C)C3c3ccc(Cl)cc3)c2=O)cc1. The van der Waals surface area contributed by atoms with Gasteiger partial charge in [-0.15, -0.1) is 0 Å². The number of nitrogens with zero attached hydrogens (tertiary/aromatic N) is 5. The molecule has 0 fully saturated rings. The molecule has 2 aromatic carbocycles. The number of carbonyl (C=O) groups excluding carboxylic acids is 1. The molecule has 1 amide bonds. The van der Waals surface area contributed by atoms with Crippen LogP contribution in [0.5, 0.6) is 17.6 Å². The quantitative estimate of drug-likeness (QED) is 0.212. The lowest BCUT2D eigenvalue weighted by Crippen LogP contribution is -2.37. The van der Waals surface area contributed by atoms with Crippen LogP contribution in [0.1, 0.15) is 31.0 Å². The van der Waals surface area contributed by atoms with Crippen molar-refractivity contribution in [1.29, 1.82) is 0 Å². The van der Waals surface area contributed by atoms with Crippen molar-refractivity contribution in [1.82, 2.24) is 14.5 Å². The fraction of sp³-hybridized carbons (Fsp3) is 0.242. The van der Waals surface area contributed by atoms with E-state index in [0.717, 1.165) is 5.56 Å².